The van der Waals surface area contributed by atoms with Gasteiger partial charge in [-0.2, -0.15) is 0 Å². The van der Waals surface area contributed by atoms with Crippen molar-refractivity contribution in [2.75, 3.05) is 12.0 Å². The molecule has 1 amide bonds. The van der Waals surface area contributed by atoms with Crippen molar-refractivity contribution in [3.8, 4) is 0 Å². The van der Waals surface area contributed by atoms with Crippen molar-refractivity contribution in [2.24, 2.45) is 0 Å². The van der Waals surface area contributed by atoms with Crippen molar-refractivity contribution < 1.29 is 14.6 Å². The van der Waals surface area contributed by atoms with E-state index in [0.717, 1.165) is 10.0 Å². The summed E-state index contributed by atoms with van der Waals surface area (Å²) in [6, 6.07) is 24.5. The van der Waals surface area contributed by atoms with Crippen LogP contribution in [0.3, 0.4) is 0 Å². The number of aliphatic hydroxyl groups is 1. The molecule has 142 valence electrons. The highest BCUT2D eigenvalue weighted by molar-refractivity contribution is 9.10. The molecule has 0 saturated carbocycles. The molecule has 0 saturated heterocycles. The number of anilines is 1. The number of halogens is 1. The lowest BCUT2D eigenvalue weighted by Crippen LogP contribution is -2.57. The van der Waals surface area contributed by atoms with Crippen LogP contribution in [0, 0.1) is 0 Å². The summed E-state index contributed by atoms with van der Waals surface area (Å²) in [6.45, 7) is 0.377. The van der Waals surface area contributed by atoms with Crippen LogP contribution in [0.1, 0.15) is 16.7 Å². The molecule has 0 radical (unpaired) electrons. The summed E-state index contributed by atoms with van der Waals surface area (Å²) >= 11 is 3.56. The van der Waals surface area contributed by atoms with Crippen LogP contribution in [0.25, 0.3) is 0 Å². The summed E-state index contributed by atoms with van der Waals surface area (Å²) in [6.07, 6.45) is -1.05. The second kappa shape index (κ2) is 7.51. The Balaban J connectivity index is 1.88. The van der Waals surface area contributed by atoms with E-state index in [1.165, 1.54) is 7.11 Å². The summed E-state index contributed by atoms with van der Waals surface area (Å²) in [7, 11) is 1.46. The minimum absolute atomic E-state index is 0.275. The van der Waals surface area contributed by atoms with E-state index in [9.17, 15) is 9.90 Å². The molecule has 0 spiro atoms. The Morgan fingerprint density at radius 3 is 2.36 bits per heavy atom. The van der Waals surface area contributed by atoms with E-state index in [4.69, 9.17) is 4.74 Å². The van der Waals surface area contributed by atoms with Gasteiger partial charge in [-0.05, 0) is 23.3 Å². The van der Waals surface area contributed by atoms with Crippen molar-refractivity contribution in [1.29, 1.82) is 0 Å². The van der Waals surface area contributed by atoms with Gasteiger partial charge in [0.05, 0.1) is 12.2 Å². The van der Waals surface area contributed by atoms with Gasteiger partial charge in [0, 0.05) is 17.1 Å². The zero-order chi connectivity index (χ0) is 19.7. The molecule has 1 aliphatic heterocycles. The van der Waals surface area contributed by atoms with Gasteiger partial charge >= 0.3 is 0 Å². The molecule has 3 aromatic carbocycles. The number of methoxy groups -OCH3 is 1. The number of hydrogen-bond donors (Lipinski definition) is 1. The molecule has 0 aliphatic carbocycles. The Bertz CT molecular complexity index is 1010. The van der Waals surface area contributed by atoms with Gasteiger partial charge in [0.15, 0.2) is 11.7 Å². The Kier molecular flexibility index (Phi) is 5.06. The molecule has 0 fully saturated rings. The summed E-state index contributed by atoms with van der Waals surface area (Å²) < 4.78 is 6.50. The summed E-state index contributed by atoms with van der Waals surface area (Å²) in [5, 5.41) is 11.8. The van der Waals surface area contributed by atoms with Crippen molar-refractivity contribution in [2.45, 2.75) is 18.2 Å². The van der Waals surface area contributed by atoms with Gasteiger partial charge in [-0.3, -0.25) is 4.79 Å². The van der Waals surface area contributed by atoms with E-state index in [1.807, 2.05) is 78.9 Å². The fourth-order valence-corrected chi connectivity index (χ4v) is 4.25. The fraction of sp³-hybridized carbons (Fsp3) is 0.174. The molecule has 3 aromatic rings. The molecule has 2 atom stereocenters. The minimum atomic E-state index is -1.56. The molecule has 4 rings (SSSR count). The standard InChI is InChI=1S/C23H20BrNO3/c1-28-21-22(26)25(15-16-9-5-7-13-19(16)24)20-14-8-6-12-18(20)23(21,27)17-10-3-2-4-11-17/h2-14,21,27H,15H2,1H3. The first-order valence-electron chi connectivity index (χ1n) is 9.02. The van der Waals surface area contributed by atoms with Crippen molar-refractivity contribution in [3.05, 3.63) is 100 Å². The Hall–Kier alpha value is -2.47. The first kappa shape index (κ1) is 18.9. The van der Waals surface area contributed by atoms with Crippen LogP contribution in [0.5, 0.6) is 0 Å². The predicted molar refractivity (Wildman–Crippen MR) is 112 cm³/mol. The van der Waals surface area contributed by atoms with Gasteiger partial charge in [-0.25, -0.2) is 0 Å². The van der Waals surface area contributed by atoms with Crippen molar-refractivity contribution in [1.82, 2.24) is 0 Å². The van der Waals surface area contributed by atoms with Crippen LogP contribution in [0.15, 0.2) is 83.3 Å². The number of benzene rings is 3. The van der Waals surface area contributed by atoms with E-state index in [0.29, 0.717) is 23.4 Å². The highest BCUT2D eigenvalue weighted by Gasteiger charge is 2.52. The van der Waals surface area contributed by atoms with Crippen LogP contribution in [0.4, 0.5) is 5.69 Å². The molecule has 1 aliphatic rings. The number of amides is 1. The molecule has 5 heteroatoms. The van der Waals surface area contributed by atoms with Gasteiger partial charge in [0.2, 0.25) is 0 Å². The van der Waals surface area contributed by atoms with Gasteiger partial charge in [-0.1, -0.05) is 82.7 Å². The Labute approximate surface area is 172 Å². The van der Waals surface area contributed by atoms with Gasteiger partial charge in [0.25, 0.3) is 5.91 Å². The molecular formula is C23H20BrNO3. The minimum Gasteiger partial charge on any atom is -0.377 e. The maximum Gasteiger partial charge on any atom is 0.260 e. The summed E-state index contributed by atoms with van der Waals surface area (Å²) in [4.78, 5) is 15.1. The van der Waals surface area contributed by atoms with Crippen molar-refractivity contribution in [3.63, 3.8) is 0 Å². The first-order valence-corrected chi connectivity index (χ1v) is 9.81. The van der Waals surface area contributed by atoms with Gasteiger partial charge in [-0.15, -0.1) is 0 Å². The number of rotatable bonds is 4. The maximum atomic E-state index is 13.4. The van der Waals surface area contributed by atoms with Crippen LogP contribution < -0.4 is 4.90 Å². The molecular weight excluding hydrogens is 418 g/mol. The fourth-order valence-electron chi connectivity index (χ4n) is 3.84. The zero-order valence-electron chi connectivity index (χ0n) is 15.4. The number of hydrogen-bond acceptors (Lipinski definition) is 3. The highest BCUT2D eigenvalue weighted by atomic mass is 79.9. The van der Waals surface area contributed by atoms with Crippen LogP contribution in [-0.2, 0) is 21.7 Å². The zero-order valence-corrected chi connectivity index (χ0v) is 17.0. The Morgan fingerprint density at radius 2 is 1.64 bits per heavy atom. The molecule has 28 heavy (non-hydrogen) atoms. The molecule has 2 unspecified atom stereocenters. The summed E-state index contributed by atoms with van der Waals surface area (Å²) in [5.74, 6) is -0.275. The first-order chi connectivity index (χ1) is 13.6. The quantitative estimate of drug-likeness (QED) is 0.663. The number of para-hydroxylation sites is 1. The molecule has 0 aromatic heterocycles. The second-order valence-corrected chi connectivity index (χ2v) is 7.64. The summed E-state index contributed by atoms with van der Waals surface area (Å²) in [5.41, 5.74) is 1.38. The largest absolute Gasteiger partial charge is 0.377 e. The lowest BCUT2D eigenvalue weighted by Gasteiger charge is -2.44. The van der Waals surface area contributed by atoms with E-state index in [-0.39, 0.29) is 5.91 Å². The molecule has 0 bridgehead atoms. The molecule has 1 N–H and O–H groups in total. The predicted octanol–water partition coefficient (Wildman–Crippen LogP) is 4.25. The lowest BCUT2D eigenvalue weighted by molar-refractivity contribution is -0.145. The van der Waals surface area contributed by atoms with E-state index < -0.39 is 11.7 Å². The normalized spacial score (nSPS) is 21.5. The average molecular weight is 438 g/mol. The number of ether oxygens (including phenoxy) is 1. The van der Waals surface area contributed by atoms with E-state index in [2.05, 4.69) is 15.9 Å². The number of carbonyl (C=O) groups excluding carboxylic acids is 1. The third kappa shape index (κ3) is 2.96. The SMILES string of the molecule is COC1C(=O)N(Cc2ccccc2Br)c2ccccc2C1(O)c1ccccc1. The number of nitrogens with zero attached hydrogens (tertiary/aromatic N) is 1. The molecule has 4 nitrogen and oxygen atoms in total. The highest BCUT2D eigenvalue weighted by Crippen LogP contribution is 2.45. The maximum absolute atomic E-state index is 13.4. The monoisotopic (exact) mass is 437 g/mol. The Morgan fingerprint density at radius 1 is 1.00 bits per heavy atom. The smallest absolute Gasteiger partial charge is 0.260 e. The van der Waals surface area contributed by atoms with Crippen LogP contribution in [0.2, 0.25) is 0 Å². The topological polar surface area (TPSA) is 49.8 Å². The second-order valence-electron chi connectivity index (χ2n) is 6.78. The molecule has 1 heterocycles. The lowest BCUT2D eigenvalue weighted by atomic mass is 9.77. The van der Waals surface area contributed by atoms with E-state index in [1.54, 1.807) is 4.90 Å². The number of carbonyl (C=O) groups is 1. The van der Waals surface area contributed by atoms with Crippen LogP contribution in [-0.4, -0.2) is 24.2 Å². The van der Waals surface area contributed by atoms with Gasteiger partial charge in [0.1, 0.15) is 0 Å². The number of fused-ring (bicyclic) bond motifs is 1. The van der Waals surface area contributed by atoms with Gasteiger partial charge < -0.3 is 14.7 Å². The van der Waals surface area contributed by atoms with Crippen molar-refractivity contribution >= 4 is 27.5 Å². The average Bonchev–Trinajstić information content (AvgIpc) is 2.73. The van der Waals surface area contributed by atoms with Crippen LogP contribution >= 0.6 is 15.9 Å². The third-order valence-electron chi connectivity index (χ3n) is 5.21. The van der Waals surface area contributed by atoms with E-state index >= 15 is 0 Å². The third-order valence-corrected chi connectivity index (χ3v) is 5.98.